The molecule has 1 aliphatic heterocycles. The highest BCUT2D eigenvalue weighted by Gasteiger charge is 2.18. The molecule has 0 aliphatic carbocycles. The van der Waals surface area contributed by atoms with Crippen molar-refractivity contribution in [3.8, 4) is 0 Å². The van der Waals surface area contributed by atoms with Crippen molar-refractivity contribution in [3.63, 3.8) is 0 Å². The lowest BCUT2D eigenvalue weighted by atomic mass is 9.93. The van der Waals surface area contributed by atoms with Gasteiger partial charge in [0.2, 0.25) is 0 Å². The predicted molar refractivity (Wildman–Crippen MR) is 93.0 cm³/mol. The van der Waals surface area contributed by atoms with Crippen LogP contribution in [0.1, 0.15) is 29.2 Å². The van der Waals surface area contributed by atoms with E-state index < -0.39 is 0 Å². The Labute approximate surface area is 134 Å². The molecule has 0 spiro atoms. The third kappa shape index (κ3) is 3.40. The van der Waals surface area contributed by atoms with Crippen LogP contribution in [0.25, 0.3) is 0 Å². The second-order valence-corrected chi connectivity index (χ2v) is 6.70. The van der Waals surface area contributed by atoms with Gasteiger partial charge in [-0.05, 0) is 49.7 Å². The fraction of sp³-hybridized carbons (Fsp3) is 0.400. The van der Waals surface area contributed by atoms with Gasteiger partial charge in [-0.2, -0.15) is 0 Å². The number of likely N-dealkylation sites (N-methyl/N-ethyl adjacent to an activating group) is 1. The molecular weight excluding hydrogens is 268 g/mol. The van der Waals surface area contributed by atoms with E-state index in [1.54, 1.807) is 0 Å². The minimum Gasteiger partial charge on any atom is -0.305 e. The largest absolute Gasteiger partial charge is 0.305 e. The molecule has 2 heteroatoms. The Hall–Kier alpha value is -1.64. The zero-order valence-electron chi connectivity index (χ0n) is 13.9. The van der Waals surface area contributed by atoms with Gasteiger partial charge in [0.25, 0.3) is 0 Å². The van der Waals surface area contributed by atoms with E-state index in [9.17, 15) is 0 Å². The second-order valence-electron chi connectivity index (χ2n) is 6.70. The van der Waals surface area contributed by atoms with Crippen molar-refractivity contribution in [2.75, 3.05) is 20.6 Å². The Morgan fingerprint density at radius 1 is 0.864 bits per heavy atom. The van der Waals surface area contributed by atoms with Gasteiger partial charge in [0, 0.05) is 25.7 Å². The monoisotopic (exact) mass is 294 g/mol. The fourth-order valence-corrected chi connectivity index (χ4v) is 3.18. The maximum Gasteiger partial charge on any atom is 0.0240 e. The molecule has 0 fully saturated rings. The highest BCUT2D eigenvalue weighted by atomic mass is 15.2. The molecule has 1 heterocycles. The normalized spacial score (nSPS) is 16.5. The van der Waals surface area contributed by atoms with Gasteiger partial charge in [-0.1, -0.05) is 48.5 Å². The number of fused-ring (bicyclic) bond motifs is 2. The van der Waals surface area contributed by atoms with Crippen LogP contribution in [-0.4, -0.2) is 36.5 Å². The molecule has 0 bridgehead atoms. The van der Waals surface area contributed by atoms with Crippen molar-refractivity contribution in [3.05, 3.63) is 70.8 Å². The first kappa shape index (κ1) is 15.3. The summed E-state index contributed by atoms with van der Waals surface area (Å²) >= 11 is 0. The molecule has 0 amide bonds. The molecule has 3 rings (SSSR count). The van der Waals surface area contributed by atoms with E-state index >= 15 is 0 Å². The zero-order chi connectivity index (χ0) is 15.5. The minimum absolute atomic E-state index is 0.554. The van der Waals surface area contributed by atoms with Crippen LogP contribution < -0.4 is 0 Å². The summed E-state index contributed by atoms with van der Waals surface area (Å²) < 4.78 is 0. The van der Waals surface area contributed by atoms with E-state index in [1.807, 2.05) is 0 Å². The highest BCUT2D eigenvalue weighted by molar-refractivity contribution is 5.38. The number of nitrogens with zero attached hydrogens (tertiary/aromatic N) is 2. The fourth-order valence-electron chi connectivity index (χ4n) is 3.18. The molecule has 2 aromatic rings. The number of benzene rings is 2. The molecule has 0 radical (unpaired) electrons. The van der Waals surface area contributed by atoms with E-state index in [0.29, 0.717) is 6.04 Å². The first-order valence-electron chi connectivity index (χ1n) is 8.16. The minimum atomic E-state index is 0.554. The van der Waals surface area contributed by atoms with Crippen molar-refractivity contribution >= 4 is 0 Å². The third-order valence-electron chi connectivity index (χ3n) is 4.81. The SMILES string of the molecule is C[C@@H](CN1Cc2ccccc2Cc2ccccc2C1)N(C)C. The Kier molecular flexibility index (Phi) is 4.60. The first-order valence-corrected chi connectivity index (χ1v) is 8.16. The average Bonchev–Trinajstić information content (AvgIpc) is 2.48. The van der Waals surface area contributed by atoms with E-state index in [1.165, 1.54) is 22.3 Å². The molecule has 1 atom stereocenters. The molecule has 2 aromatic carbocycles. The maximum atomic E-state index is 2.58. The Morgan fingerprint density at radius 2 is 1.32 bits per heavy atom. The molecule has 0 N–H and O–H groups in total. The third-order valence-corrected chi connectivity index (χ3v) is 4.81. The summed E-state index contributed by atoms with van der Waals surface area (Å²) in [4.78, 5) is 4.89. The zero-order valence-corrected chi connectivity index (χ0v) is 13.9. The lowest BCUT2D eigenvalue weighted by Crippen LogP contribution is -2.38. The van der Waals surface area contributed by atoms with Gasteiger partial charge < -0.3 is 4.90 Å². The molecule has 1 aliphatic rings. The van der Waals surface area contributed by atoms with Gasteiger partial charge in [-0.25, -0.2) is 0 Å². The lowest BCUT2D eigenvalue weighted by molar-refractivity contribution is 0.179. The number of hydrogen-bond acceptors (Lipinski definition) is 2. The summed E-state index contributed by atoms with van der Waals surface area (Å²) in [7, 11) is 4.33. The summed E-state index contributed by atoms with van der Waals surface area (Å²) in [5.41, 5.74) is 5.89. The van der Waals surface area contributed by atoms with E-state index in [-0.39, 0.29) is 0 Å². The van der Waals surface area contributed by atoms with Crippen molar-refractivity contribution < 1.29 is 0 Å². The lowest BCUT2D eigenvalue weighted by Gasteiger charge is -2.32. The molecule has 0 aromatic heterocycles. The quantitative estimate of drug-likeness (QED) is 0.854. The van der Waals surface area contributed by atoms with Crippen LogP contribution in [0.2, 0.25) is 0 Å². The van der Waals surface area contributed by atoms with E-state index in [0.717, 1.165) is 26.1 Å². The van der Waals surface area contributed by atoms with Gasteiger partial charge in [-0.3, -0.25) is 4.90 Å². The maximum absolute atomic E-state index is 2.58. The Morgan fingerprint density at radius 3 is 1.77 bits per heavy atom. The van der Waals surface area contributed by atoms with Gasteiger partial charge in [-0.15, -0.1) is 0 Å². The summed E-state index contributed by atoms with van der Waals surface area (Å²) in [5, 5.41) is 0. The molecule has 0 saturated heterocycles. The van der Waals surface area contributed by atoms with Crippen LogP contribution in [0.15, 0.2) is 48.5 Å². The van der Waals surface area contributed by atoms with E-state index in [2.05, 4.69) is 79.3 Å². The van der Waals surface area contributed by atoms with Crippen LogP contribution in [-0.2, 0) is 19.5 Å². The van der Waals surface area contributed by atoms with Crippen molar-refractivity contribution in [2.24, 2.45) is 0 Å². The van der Waals surface area contributed by atoms with Crippen molar-refractivity contribution in [1.82, 2.24) is 9.80 Å². The molecule has 2 nitrogen and oxygen atoms in total. The molecule has 0 unspecified atom stereocenters. The molecule has 116 valence electrons. The second kappa shape index (κ2) is 6.64. The Bertz CT molecular complexity index is 586. The Balaban J connectivity index is 1.94. The summed E-state index contributed by atoms with van der Waals surface area (Å²) in [6, 6.07) is 18.4. The van der Waals surface area contributed by atoms with Crippen molar-refractivity contribution in [1.29, 1.82) is 0 Å². The summed E-state index contributed by atoms with van der Waals surface area (Å²) in [6.07, 6.45) is 1.06. The van der Waals surface area contributed by atoms with Crippen LogP contribution in [0.4, 0.5) is 0 Å². The van der Waals surface area contributed by atoms with Crippen LogP contribution >= 0.6 is 0 Å². The topological polar surface area (TPSA) is 6.48 Å². The average molecular weight is 294 g/mol. The number of hydrogen-bond donors (Lipinski definition) is 0. The standard InChI is InChI=1S/C20H26N2/c1-16(21(2)3)13-22-14-19-10-6-4-8-17(19)12-18-9-5-7-11-20(18)15-22/h4-11,16H,12-15H2,1-3H3/t16-/m0/s1. The van der Waals surface area contributed by atoms with Crippen LogP contribution in [0.5, 0.6) is 0 Å². The molecular formula is C20H26N2. The van der Waals surface area contributed by atoms with Gasteiger partial charge in [0.05, 0.1) is 0 Å². The number of rotatable bonds is 3. The van der Waals surface area contributed by atoms with E-state index in [4.69, 9.17) is 0 Å². The van der Waals surface area contributed by atoms with Gasteiger partial charge in [0.1, 0.15) is 0 Å². The highest BCUT2D eigenvalue weighted by Crippen LogP contribution is 2.24. The first-order chi connectivity index (χ1) is 10.6. The molecule has 0 saturated carbocycles. The smallest absolute Gasteiger partial charge is 0.0240 e. The van der Waals surface area contributed by atoms with Crippen molar-refractivity contribution in [2.45, 2.75) is 32.5 Å². The van der Waals surface area contributed by atoms with Gasteiger partial charge in [0.15, 0.2) is 0 Å². The van der Waals surface area contributed by atoms with Crippen LogP contribution in [0.3, 0.4) is 0 Å². The predicted octanol–water partition coefficient (Wildman–Crippen LogP) is 3.54. The summed E-state index contributed by atoms with van der Waals surface area (Å²) in [5.74, 6) is 0. The molecule has 22 heavy (non-hydrogen) atoms. The van der Waals surface area contributed by atoms with Crippen LogP contribution in [0, 0.1) is 0 Å². The summed E-state index contributed by atoms with van der Waals surface area (Å²) in [6.45, 7) is 5.48. The van der Waals surface area contributed by atoms with Gasteiger partial charge >= 0.3 is 0 Å².